The number of nitrogens with one attached hydrogen (secondary N) is 1. The van der Waals surface area contributed by atoms with Gasteiger partial charge in [0, 0.05) is 31.0 Å². The van der Waals surface area contributed by atoms with E-state index in [0.29, 0.717) is 12.4 Å². The Balaban J connectivity index is 1.26. The molecule has 7 nitrogen and oxygen atoms in total. The Kier molecular flexibility index (Phi) is 6.33. The van der Waals surface area contributed by atoms with Crippen LogP contribution in [0.15, 0.2) is 85.2 Å². The predicted molar refractivity (Wildman–Crippen MR) is 133 cm³/mol. The van der Waals surface area contributed by atoms with Gasteiger partial charge in [-0.3, -0.25) is 9.36 Å². The Morgan fingerprint density at radius 1 is 0.971 bits per heavy atom. The zero-order valence-corrected chi connectivity index (χ0v) is 19.2. The Bertz CT molecular complexity index is 1220. The van der Waals surface area contributed by atoms with E-state index in [9.17, 15) is 4.79 Å². The van der Waals surface area contributed by atoms with Crippen molar-refractivity contribution < 1.29 is 4.79 Å². The molecule has 0 bridgehead atoms. The van der Waals surface area contributed by atoms with Gasteiger partial charge in [0.2, 0.25) is 5.91 Å². The van der Waals surface area contributed by atoms with E-state index in [1.165, 1.54) is 0 Å². The maximum atomic E-state index is 13.0. The molecule has 7 heteroatoms. The second-order valence-electron chi connectivity index (χ2n) is 8.66. The Morgan fingerprint density at radius 3 is 2.41 bits per heavy atom. The van der Waals surface area contributed by atoms with Crippen molar-refractivity contribution in [3.63, 3.8) is 0 Å². The van der Waals surface area contributed by atoms with Crippen LogP contribution in [0, 0.1) is 5.92 Å². The predicted octanol–water partition coefficient (Wildman–Crippen LogP) is 4.42. The molecule has 1 N–H and O–H groups in total. The lowest BCUT2D eigenvalue weighted by Gasteiger charge is -2.33. The average Bonchev–Trinajstić information content (AvgIpc) is 3.40. The molecule has 5 rings (SSSR count). The number of nitrogens with zero attached hydrogens (tertiary/aromatic N) is 5. The Morgan fingerprint density at radius 2 is 1.68 bits per heavy atom. The fourth-order valence-electron chi connectivity index (χ4n) is 4.46. The minimum absolute atomic E-state index is 0.0165. The number of carbonyl (C=O) groups excluding carboxylic acids is 1. The second-order valence-corrected chi connectivity index (χ2v) is 8.66. The minimum atomic E-state index is -0.0697. The van der Waals surface area contributed by atoms with Gasteiger partial charge in [-0.2, -0.15) is 0 Å². The first-order valence-electron chi connectivity index (χ1n) is 11.7. The molecular formula is C27H28N6O. The summed E-state index contributed by atoms with van der Waals surface area (Å²) in [6.07, 6.45) is 5.48. The van der Waals surface area contributed by atoms with Gasteiger partial charge in [-0.25, -0.2) is 4.98 Å². The second kappa shape index (κ2) is 9.87. The number of piperidine rings is 1. The number of anilines is 1. The van der Waals surface area contributed by atoms with Gasteiger partial charge >= 0.3 is 0 Å². The maximum absolute atomic E-state index is 13.0. The molecule has 4 aromatic rings. The van der Waals surface area contributed by atoms with E-state index < -0.39 is 0 Å². The molecule has 34 heavy (non-hydrogen) atoms. The van der Waals surface area contributed by atoms with E-state index in [2.05, 4.69) is 25.4 Å². The molecule has 0 aliphatic carbocycles. The summed E-state index contributed by atoms with van der Waals surface area (Å²) in [5.41, 5.74) is 2.13. The van der Waals surface area contributed by atoms with E-state index in [1.54, 1.807) is 6.20 Å². The van der Waals surface area contributed by atoms with Crippen molar-refractivity contribution in [3.8, 4) is 17.2 Å². The van der Waals surface area contributed by atoms with Crippen molar-refractivity contribution in [1.29, 1.82) is 0 Å². The Labute approximate surface area is 199 Å². The molecule has 2 atom stereocenters. The molecule has 2 unspecified atom stereocenters. The summed E-state index contributed by atoms with van der Waals surface area (Å²) >= 11 is 0. The van der Waals surface area contributed by atoms with Crippen LogP contribution >= 0.6 is 0 Å². The van der Waals surface area contributed by atoms with Crippen LogP contribution in [0.2, 0.25) is 0 Å². The summed E-state index contributed by atoms with van der Waals surface area (Å²) in [6, 6.07) is 24.0. The van der Waals surface area contributed by atoms with Crippen molar-refractivity contribution in [2.24, 2.45) is 5.92 Å². The third-order valence-corrected chi connectivity index (χ3v) is 6.33. The van der Waals surface area contributed by atoms with E-state index in [4.69, 9.17) is 0 Å². The molecule has 1 aliphatic rings. The van der Waals surface area contributed by atoms with Gasteiger partial charge in [-0.15, -0.1) is 10.2 Å². The number of aromatic nitrogens is 4. The highest BCUT2D eigenvalue weighted by Gasteiger charge is 2.27. The van der Waals surface area contributed by atoms with Crippen LogP contribution in [0.3, 0.4) is 0 Å². The number of benzene rings is 2. The average molecular weight is 453 g/mol. The molecule has 1 fully saturated rings. The van der Waals surface area contributed by atoms with Gasteiger partial charge in [0.1, 0.15) is 5.82 Å². The lowest BCUT2D eigenvalue weighted by atomic mass is 9.96. The van der Waals surface area contributed by atoms with E-state index >= 15 is 0 Å². The van der Waals surface area contributed by atoms with Crippen LogP contribution in [-0.4, -0.2) is 38.7 Å². The summed E-state index contributed by atoms with van der Waals surface area (Å²) in [7, 11) is 0. The maximum Gasteiger partial charge on any atom is 0.225 e. The Hall–Kier alpha value is -4.00. The highest BCUT2D eigenvalue weighted by Crippen LogP contribution is 2.24. The number of imidazole rings is 1. The van der Waals surface area contributed by atoms with E-state index in [-0.39, 0.29) is 17.9 Å². The van der Waals surface area contributed by atoms with Crippen molar-refractivity contribution in [2.75, 3.05) is 18.0 Å². The largest absolute Gasteiger partial charge is 0.354 e. The van der Waals surface area contributed by atoms with E-state index in [1.807, 2.05) is 90.5 Å². The van der Waals surface area contributed by atoms with Crippen LogP contribution in [0.1, 0.15) is 31.4 Å². The first-order chi connectivity index (χ1) is 16.7. The molecule has 3 heterocycles. The minimum Gasteiger partial charge on any atom is -0.354 e. The van der Waals surface area contributed by atoms with E-state index in [0.717, 1.165) is 42.2 Å². The molecule has 1 saturated heterocycles. The number of hydrogen-bond donors (Lipinski definition) is 1. The molecule has 1 amide bonds. The van der Waals surface area contributed by atoms with Crippen molar-refractivity contribution in [1.82, 2.24) is 25.1 Å². The molecule has 0 saturated carbocycles. The quantitative estimate of drug-likeness (QED) is 0.469. The van der Waals surface area contributed by atoms with Gasteiger partial charge in [-0.05, 0) is 37.5 Å². The molecule has 0 spiro atoms. The molecule has 2 aromatic carbocycles. The van der Waals surface area contributed by atoms with Crippen molar-refractivity contribution >= 4 is 11.7 Å². The smallest absolute Gasteiger partial charge is 0.225 e. The summed E-state index contributed by atoms with van der Waals surface area (Å²) in [4.78, 5) is 19.6. The monoisotopic (exact) mass is 452 g/mol. The number of carbonyl (C=O) groups is 1. The third-order valence-electron chi connectivity index (χ3n) is 6.33. The molecule has 172 valence electrons. The summed E-state index contributed by atoms with van der Waals surface area (Å²) in [5, 5.41) is 12.1. The van der Waals surface area contributed by atoms with Gasteiger partial charge in [0.25, 0.3) is 0 Å². The van der Waals surface area contributed by atoms with Crippen molar-refractivity contribution in [3.05, 3.63) is 90.8 Å². The van der Waals surface area contributed by atoms with Gasteiger partial charge < -0.3 is 10.2 Å². The SMILES string of the molecule is CC(NC(=O)C1CCCN(c2ccc(-n3ccnc3-c3ccccc3)nn2)C1)c1ccccc1. The lowest BCUT2D eigenvalue weighted by molar-refractivity contribution is -0.125. The first-order valence-corrected chi connectivity index (χ1v) is 11.7. The fourth-order valence-corrected chi connectivity index (χ4v) is 4.46. The third kappa shape index (κ3) is 4.69. The summed E-state index contributed by atoms with van der Waals surface area (Å²) in [5.74, 6) is 2.35. The van der Waals surface area contributed by atoms with Crippen LogP contribution in [-0.2, 0) is 4.79 Å². The van der Waals surface area contributed by atoms with Crippen molar-refractivity contribution in [2.45, 2.75) is 25.8 Å². The topological polar surface area (TPSA) is 75.9 Å². The van der Waals surface area contributed by atoms with Crippen LogP contribution < -0.4 is 10.2 Å². The summed E-state index contributed by atoms with van der Waals surface area (Å²) in [6.45, 7) is 3.53. The van der Waals surface area contributed by atoms with Gasteiger partial charge in [0.15, 0.2) is 11.6 Å². The number of hydrogen-bond acceptors (Lipinski definition) is 5. The molecule has 0 radical (unpaired) electrons. The van der Waals surface area contributed by atoms with Gasteiger partial charge in [0.05, 0.1) is 12.0 Å². The number of rotatable bonds is 6. The zero-order chi connectivity index (χ0) is 23.3. The number of amides is 1. The van der Waals surface area contributed by atoms with Crippen LogP contribution in [0.5, 0.6) is 0 Å². The first kappa shape index (κ1) is 21.8. The lowest BCUT2D eigenvalue weighted by Crippen LogP contribution is -2.44. The highest BCUT2D eigenvalue weighted by atomic mass is 16.2. The highest BCUT2D eigenvalue weighted by molar-refractivity contribution is 5.80. The standard InChI is InChI=1S/C27H28N6O/c1-20(21-9-4-2-5-10-21)29-27(34)23-13-8-17-32(19-23)24-14-15-25(31-30-24)33-18-16-28-26(33)22-11-6-3-7-12-22/h2-7,9-12,14-16,18,20,23H,8,13,17,19H2,1H3,(H,29,34). The van der Waals surface area contributed by atoms with Gasteiger partial charge in [-0.1, -0.05) is 60.7 Å². The van der Waals surface area contributed by atoms with Crippen LogP contribution in [0.4, 0.5) is 5.82 Å². The zero-order valence-electron chi connectivity index (χ0n) is 19.2. The molecule has 1 aliphatic heterocycles. The molecule has 2 aromatic heterocycles. The normalized spacial score (nSPS) is 16.7. The fraction of sp³-hybridized carbons (Fsp3) is 0.259. The van der Waals surface area contributed by atoms with Crippen LogP contribution in [0.25, 0.3) is 17.2 Å². The molecular weight excluding hydrogens is 424 g/mol. The summed E-state index contributed by atoms with van der Waals surface area (Å²) < 4.78 is 1.93.